The van der Waals surface area contributed by atoms with E-state index in [1.165, 1.54) is 0 Å². The first-order valence-corrected chi connectivity index (χ1v) is 9.37. The molecule has 1 aromatic rings. The van der Waals surface area contributed by atoms with Crippen LogP contribution in [0.3, 0.4) is 0 Å². The van der Waals surface area contributed by atoms with Crippen LogP contribution in [-0.4, -0.2) is 77.6 Å². The van der Waals surface area contributed by atoms with E-state index in [4.69, 9.17) is 14.2 Å². The monoisotopic (exact) mass is 356 g/mol. The lowest BCUT2D eigenvalue weighted by Gasteiger charge is -2.37. The van der Waals surface area contributed by atoms with Crippen LogP contribution in [0.25, 0.3) is 6.08 Å². The molecule has 0 fully saturated rings. The topological polar surface area (TPSA) is 37.4 Å². The van der Waals surface area contributed by atoms with Gasteiger partial charge >= 0.3 is 0 Å². The molecule has 0 bridgehead atoms. The first-order valence-electron chi connectivity index (χ1n) is 7.66. The van der Waals surface area contributed by atoms with Crippen LogP contribution in [0.1, 0.15) is 5.56 Å². The van der Waals surface area contributed by atoms with Gasteiger partial charge in [0.25, 0.3) is 7.71 Å². The lowest BCUT2D eigenvalue weighted by atomic mass is 10.2. The molecule has 0 heterocycles. The maximum absolute atomic E-state index is 5.43. The number of hydrogen-bond acceptors (Lipinski definition) is 6. The van der Waals surface area contributed by atoms with Crippen molar-refractivity contribution in [2.24, 2.45) is 0 Å². The van der Waals surface area contributed by atoms with E-state index in [9.17, 15) is 0 Å². The van der Waals surface area contributed by atoms with Crippen molar-refractivity contribution < 1.29 is 14.2 Å². The smallest absolute Gasteiger partial charge is 0.253 e. The molecule has 6 nitrogen and oxygen atoms in total. The number of ether oxygens (including phenoxy) is 3. The summed E-state index contributed by atoms with van der Waals surface area (Å²) in [6.07, 6.45) is 2.11. The van der Waals surface area contributed by atoms with Crippen molar-refractivity contribution >= 4 is 13.8 Å². The molecule has 0 spiro atoms. The second kappa shape index (κ2) is 8.67. The Bertz CT molecular complexity index is 527. The van der Waals surface area contributed by atoms with Crippen molar-refractivity contribution in [3.63, 3.8) is 0 Å². The maximum Gasteiger partial charge on any atom is 0.253 e. The number of methoxy groups -OCH3 is 3. The van der Waals surface area contributed by atoms with Gasteiger partial charge in [0.05, 0.1) is 21.3 Å². The number of rotatable bonds is 8. The number of benzene rings is 1. The lowest BCUT2D eigenvalue weighted by molar-refractivity contribution is 0.324. The van der Waals surface area contributed by atoms with Crippen LogP contribution in [0, 0.1) is 0 Å². The molecular weight excluding hydrogens is 325 g/mol. The average molecular weight is 356 g/mol. The maximum atomic E-state index is 5.43. The molecule has 7 heteroatoms. The van der Waals surface area contributed by atoms with E-state index in [-0.39, 0.29) is 0 Å². The first kappa shape index (κ1) is 20.7. The summed E-state index contributed by atoms with van der Waals surface area (Å²) in [4.78, 5) is 0. The fraction of sp³-hybridized carbons (Fsp3) is 0.529. The normalized spacial score (nSPS) is 12.5. The summed E-state index contributed by atoms with van der Waals surface area (Å²) >= 11 is 0. The van der Waals surface area contributed by atoms with Gasteiger partial charge in [0.1, 0.15) is 5.82 Å². The molecule has 24 heavy (non-hydrogen) atoms. The van der Waals surface area contributed by atoms with E-state index >= 15 is 0 Å². The molecule has 0 amide bonds. The Kier molecular flexibility index (Phi) is 7.49. The third-order valence-corrected chi connectivity index (χ3v) is 8.00. The third kappa shape index (κ3) is 4.01. The fourth-order valence-electron chi connectivity index (χ4n) is 2.86. The Morgan fingerprint density at radius 2 is 1.17 bits per heavy atom. The van der Waals surface area contributed by atoms with Crippen molar-refractivity contribution in [1.82, 2.24) is 14.0 Å². The van der Waals surface area contributed by atoms with Crippen LogP contribution in [0.15, 0.2) is 17.9 Å². The van der Waals surface area contributed by atoms with Gasteiger partial charge in [-0.25, -0.2) is 0 Å². The summed E-state index contributed by atoms with van der Waals surface area (Å²) in [6, 6.07) is 3.90. The molecular formula is C17H31N3O3P+. The Labute approximate surface area is 147 Å². The highest BCUT2D eigenvalue weighted by molar-refractivity contribution is 7.72. The minimum absolute atomic E-state index is 0.603. The van der Waals surface area contributed by atoms with Gasteiger partial charge < -0.3 is 14.2 Å². The van der Waals surface area contributed by atoms with Gasteiger partial charge in [0.2, 0.25) is 5.75 Å². The molecule has 0 saturated carbocycles. The summed E-state index contributed by atoms with van der Waals surface area (Å²) in [7, 11) is 15.8. The van der Waals surface area contributed by atoms with Crippen LogP contribution in [0.4, 0.5) is 0 Å². The molecule has 0 aromatic heterocycles. The zero-order valence-electron chi connectivity index (χ0n) is 16.3. The van der Waals surface area contributed by atoms with E-state index < -0.39 is 7.71 Å². The SMILES string of the molecule is COc1cc(/C=C/[P+](N(C)C)(N(C)C)N(C)C)cc(OC)c1OC. The van der Waals surface area contributed by atoms with Crippen LogP contribution in [0.5, 0.6) is 17.2 Å². The first-order chi connectivity index (χ1) is 11.2. The molecule has 136 valence electrons. The van der Waals surface area contributed by atoms with Gasteiger partial charge in [0, 0.05) is 42.3 Å². The zero-order chi connectivity index (χ0) is 18.5. The second-order valence-corrected chi connectivity index (χ2v) is 9.86. The van der Waals surface area contributed by atoms with Crippen LogP contribution in [-0.2, 0) is 0 Å². The summed E-state index contributed by atoms with van der Waals surface area (Å²) in [6.45, 7) is 0. The molecule has 1 aromatic carbocycles. The van der Waals surface area contributed by atoms with Crippen molar-refractivity contribution in [3.05, 3.63) is 23.5 Å². The van der Waals surface area contributed by atoms with Crippen LogP contribution < -0.4 is 14.2 Å². The Morgan fingerprint density at radius 1 is 0.750 bits per heavy atom. The lowest BCUT2D eigenvalue weighted by Crippen LogP contribution is -2.34. The van der Waals surface area contributed by atoms with Gasteiger partial charge in [-0.05, 0) is 23.8 Å². The van der Waals surface area contributed by atoms with E-state index in [2.05, 4.69) is 68.2 Å². The van der Waals surface area contributed by atoms with Gasteiger partial charge in [0.15, 0.2) is 11.5 Å². The predicted molar refractivity (Wildman–Crippen MR) is 103 cm³/mol. The summed E-state index contributed by atoms with van der Waals surface area (Å²) in [5.41, 5.74) is 0.999. The molecule has 0 unspecified atom stereocenters. The Morgan fingerprint density at radius 3 is 1.46 bits per heavy atom. The van der Waals surface area contributed by atoms with Crippen molar-refractivity contribution in [1.29, 1.82) is 0 Å². The highest BCUT2D eigenvalue weighted by Gasteiger charge is 2.45. The van der Waals surface area contributed by atoms with Crippen LogP contribution >= 0.6 is 7.71 Å². The summed E-state index contributed by atoms with van der Waals surface area (Å²) < 4.78 is 23.0. The molecule has 0 aliphatic heterocycles. The van der Waals surface area contributed by atoms with Crippen molar-refractivity contribution in [2.45, 2.75) is 0 Å². The van der Waals surface area contributed by atoms with Gasteiger partial charge in [-0.1, -0.05) is 0 Å². The van der Waals surface area contributed by atoms with E-state index in [1.54, 1.807) is 21.3 Å². The van der Waals surface area contributed by atoms with Gasteiger partial charge in [-0.2, -0.15) is 14.0 Å². The second-order valence-electron chi connectivity index (χ2n) is 5.93. The molecule has 0 saturated heterocycles. The third-order valence-electron chi connectivity index (χ3n) is 3.92. The highest BCUT2D eigenvalue weighted by Crippen LogP contribution is 2.65. The minimum atomic E-state index is -1.74. The zero-order valence-corrected chi connectivity index (χ0v) is 17.2. The van der Waals surface area contributed by atoms with Gasteiger partial charge in [-0.15, -0.1) is 0 Å². The number of nitrogens with zero attached hydrogens (tertiary/aromatic N) is 3. The fourth-order valence-corrected chi connectivity index (χ4v) is 6.18. The standard InChI is InChI=1S/C17H31N3O3P/c1-18(2)24(19(3)4,20(5)6)11-10-14-12-15(21-7)17(23-9)16(13-14)22-8/h10-13H,1-9H3/q+1/b11-10+. The largest absolute Gasteiger partial charge is 0.493 e. The molecule has 1 rings (SSSR count). The molecule has 0 atom stereocenters. The molecule has 0 radical (unpaired) electrons. The van der Waals surface area contributed by atoms with Gasteiger partial charge in [-0.3, -0.25) is 0 Å². The average Bonchev–Trinajstić information content (AvgIpc) is 2.53. The Hall–Kier alpha value is -1.33. The minimum Gasteiger partial charge on any atom is -0.493 e. The Balaban J connectivity index is 3.39. The van der Waals surface area contributed by atoms with Crippen molar-refractivity contribution in [2.75, 3.05) is 63.6 Å². The summed E-state index contributed by atoms with van der Waals surface area (Å²) in [5.74, 6) is 4.17. The highest BCUT2D eigenvalue weighted by atomic mass is 31.2. The molecule has 0 N–H and O–H groups in total. The van der Waals surface area contributed by atoms with Crippen molar-refractivity contribution in [3.8, 4) is 17.2 Å². The van der Waals surface area contributed by atoms with E-state index in [0.29, 0.717) is 17.2 Å². The predicted octanol–water partition coefficient (Wildman–Crippen LogP) is 3.13. The van der Waals surface area contributed by atoms with E-state index in [0.717, 1.165) is 5.56 Å². The summed E-state index contributed by atoms with van der Waals surface area (Å²) in [5, 5.41) is 0. The molecule has 0 aliphatic rings. The molecule has 0 aliphatic carbocycles. The quantitative estimate of drug-likeness (QED) is 0.666. The van der Waals surface area contributed by atoms with E-state index in [1.807, 2.05) is 12.1 Å². The number of hydrogen-bond donors (Lipinski definition) is 0. The van der Waals surface area contributed by atoms with Crippen LogP contribution in [0.2, 0.25) is 0 Å².